The van der Waals surface area contributed by atoms with Crippen LogP contribution in [0.2, 0.25) is 0 Å². The maximum Gasteiger partial charge on any atom is 0.259 e. The first-order valence-corrected chi connectivity index (χ1v) is 11.0. The minimum Gasteiger partial charge on any atom is -0.379 e. The van der Waals surface area contributed by atoms with E-state index in [4.69, 9.17) is 4.74 Å². The zero-order valence-corrected chi connectivity index (χ0v) is 17.9. The lowest BCUT2D eigenvalue weighted by Gasteiger charge is -2.36. The Balaban J connectivity index is 1.26. The summed E-state index contributed by atoms with van der Waals surface area (Å²) >= 11 is 0. The van der Waals surface area contributed by atoms with Crippen molar-refractivity contribution in [3.63, 3.8) is 0 Å². The van der Waals surface area contributed by atoms with Gasteiger partial charge < -0.3 is 14.5 Å². The number of aromatic nitrogens is 3. The molecule has 2 amide bonds. The number of rotatable bonds is 4. The lowest BCUT2D eigenvalue weighted by atomic mass is 10.1. The molecule has 0 radical (unpaired) electrons. The maximum atomic E-state index is 13.2. The summed E-state index contributed by atoms with van der Waals surface area (Å²) < 4.78 is 7.06. The molecule has 4 heterocycles. The van der Waals surface area contributed by atoms with Gasteiger partial charge in [-0.15, -0.1) is 0 Å². The van der Waals surface area contributed by atoms with Gasteiger partial charge in [0.25, 0.3) is 5.91 Å². The first-order chi connectivity index (χ1) is 15.7. The highest BCUT2D eigenvalue weighted by atomic mass is 16.5. The third-order valence-corrected chi connectivity index (χ3v) is 6.08. The Morgan fingerprint density at radius 2 is 1.62 bits per heavy atom. The van der Waals surface area contributed by atoms with E-state index in [0.717, 1.165) is 24.3 Å². The van der Waals surface area contributed by atoms with Crippen LogP contribution in [0.4, 0.5) is 0 Å². The SMILES string of the molecule is O=C(CN1CCOCC1)N1CCN(C(=O)c2cnn3c(-c4ccccc4)ccnc23)CC1. The summed E-state index contributed by atoms with van der Waals surface area (Å²) in [6.45, 7) is 5.43. The Kier molecular flexibility index (Phi) is 5.83. The fraction of sp³-hybridized carbons (Fsp3) is 0.391. The molecule has 2 aromatic heterocycles. The molecule has 9 heteroatoms. The minimum absolute atomic E-state index is 0.0991. The molecule has 0 unspecified atom stereocenters. The summed E-state index contributed by atoms with van der Waals surface area (Å²) in [5, 5.41) is 4.45. The second-order valence-corrected chi connectivity index (χ2v) is 8.05. The summed E-state index contributed by atoms with van der Waals surface area (Å²) in [6.07, 6.45) is 3.30. The van der Waals surface area contributed by atoms with E-state index in [2.05, 4.69) is 15.0 Å². The quantitative estimate of drug-likeness (QED) is 0.610. The zero-order chi connectivity index (χ0) is 21.9. The van der Waals surface area contributed by atoms with Gasteiger partial charge in [0, 0.05) is 51.0 Å². The van der Waals surface area contributed by atoms with Crippen LogP contribution in [0.3, 0.4) is 0 Å². The van der Waals surface area contributed by atoms with Crippen molar-refractivity contribution in [2.24, 2.45) is 0 Å². The summed E-state index contributed by atoms with van der Waals surface area (Å²) in [4.78, 5) is 36.0. The number of ether oxygens (including phenoxy) is 1. The van der Waals surface area contributed by atoms with Crippen LogP contribution in [0.5, 0.6) is 0 Å². The number of carbonyl (C=O) groups excluding carboxylic acids is 2. The lowest BCUT2D eigenvalue weighted by Crippen LogP contribution is -2.53. The van der Waals surface area contributed by atoms with E-state index in [9.17, 15) is 9.59 Å². The molecule has 0 atom stereocenters. The molecule has 5 rings (SSSR count). The van der Waals surface area contributed by atoms with Gasteiger partial charge in [-0.05, 0) is 6.07 Å². The molecule has 2 aliphatic heterocycles. The maximum absolute atomic E-state index is 13.2. The largest absolute Gasteiger partial charge is 0.379 e. The summed E-state index contributed by atoms with van der Waals surface area (Å²) in [7, 11) is 0. The molecule has 2 aliphatic rings. The van der Waals surface area contributed by atoms with E-state index in [1.165, 1.54) is 0 Å². The highest BCUT2D eigenvalue weighted by Gasteiger charge is 2.28. The summed E-state index contributed by atoms with van der Waals surface area (Å²) in [5.74, 6) is 0.0159. The highest BCUT2D eigenvalue weighted by molar-refractivity contribution is 6.00. The Morgan fingerprint density at radius 1 is 0.906 bits per heavy atom. The van der Waals surface area contributed by atoms with Gasteiger partial charge in [-0.1, -0.05) is 30.3 Å². The average Bonchev–Trinajstić information content (AvgIpc) is 3.29. The topological polar surface area (TPSA) is 83.3 Å². The van der Waals surface area contributed by atoms with Crippen molar-refractivity contribution < 1.29 is 14.3 Å². The van der Waals surface area contributed by atoms with Crippen LogP contribution in [-0.2, 0) is 9.53 Å². The van der Waals surface area contributed by atoms with E-state index in [1.54, 1.807) is 21.8 Å². The lowest BCUT2D eigenvalue weighted by molar-refractivity contribution is -0.134. The first kappa shape index (κ1) is 20.6. The second kappa shape index (κ2) is 9.05. The Bertz CT molecular complexity index is 1100. The van der Waals surface area contributed by atoms with Gasteiger partial charge in [0.1, 0.15) is 5.56 Å². The van der Waals surface area contributed by atoms with Crippen molar-refractivity contribution in [2.45, 2.75) is 0 Å². The number of morpholine rings is 1. The third-order valence-electron chi connectivity index (χ3n) is 6.08. The molecule has 32 heavy (non-hydrogen) atoms. The van der Waals surface area contributed by atoms with Crippen LogP contribution < -0.4 is 0 Å². The van der Waals surface area contributed by atoms with Crippen LogP contribution in [-0.4, -0.2) is 100 Å². The van der Waals surface area contributed by atoms with Crippen LogP contribution >= 0.6 is 0 Å². The molecular formula is C23H26N6O3. The van der Waals surface area contributed by atoms with Gasteiger partial charge in [-0.3, -0.25) is 14.5 Å². The molecule has 2 fully saturated rings. The number of benzene rings is 1. The smallest absolute Gasteiger partial charge is 0.259 e. The molecule has 2 saturated heterocycles. The van der Waals surface area contributed by atoms with E-state index in [1.807, 2.05) is 41.3 Å². The third kappa shape index (κ3) is 4.09. The standard InChI is InChI=1S/C23H26N6O3/c30-21(17-26-12-14-32-15-13-26)27-8-10-28(11-9-27)23(31)19-16-25-29-20(6-7-24-22(19)29)18-4-2-1-3-5-18/h1-7,16H,8-15,17H2. The molecule has 0 bridgehead atoms. The normalized spacial score (nSPS) is 17.6. The van der Waals surface area contributed by atoms with Crippen LogP contribution in [0.15, 0.2) is 48.8 Å². The van der Waals surface area contributed by atoms with Gasteiger partial charge in [0.15, 0.2) is 5.65 Å². The molecule has 3 aromatic rings. The molecule has 0 N–H and O–H groups in total. The van der Waals surface area contributed by atoms with E-state index < -0.39 is 0 Å². The van der Waals surface area contributed by atoms with Crippen LogP contribution in [0.1, 0.15) is 10.4 Å². The Hall–Kier alpha value is -3.30. The van der Waals surface area contributed by atoms with Gasteiger partial charge >= 0.3 is 0 Å². The fourth-order valence-electron chi connectivity index (χ4n) is 4.25. The number of hydrogen-bond donors (Lipinski definition) is 0. The predicted octanol–water partition coefficient (Wildman–Crippen LogP) is 1.01. The van der Waals surface area contributed by atoms with Gasteiger partial charge in [0.2, 0.25) is 5.91 Å². The van der Waals surface area contributed by atoms with Crippen molar-refractivity contribution in [3.8, 4) is 11.3 Å². The van der Waals surface area contributed by atoms with Crippen LogP contribution in [0.25, 0.3) is 16.9 Å². The Labute approximate surface area is 186 Å². The average molecular weight is 435 g/mol. The van der Waals surface area contributed by atoms with Crippen molar-refractivity contribution in [2.75, 3.05) is 59.0 Å². The number of carbonyl (C=O) groups is 2. The van der Waals surface area contributed by atoms with Gasteiger partial charge in [0.05, 0.1) is 31.6 Å². The summed E-state index contributed by atoms with van der Waals surface area (Å²) in [6, 6.07) is 11.8. The highest BCUT2D eigenvalue weighted by Crippen LogP contribution is 2.21. The number of fused-ring (bicyclic) bond motifs is 1. The first-order valence-electron chi connectivity index (χ1n) is 11.0. The monoisotopic (exact) mass is 434 g/mol. The molecule has 9 nitrogen and oxygen atoms in total. The van der Waals surface area contributed by atoms with Gasteiger partial charge in [-0.2, -0.15) is 5.10 Å². The van der Waals surface area contributed by atoms with E-state index in [-0.39, 0.29) is 11.8 Å². The van der Waals surface area contributed by atoms with Crippen molar-refractivity contribution in [3.05, 3.63) is 54.4 Å². The molecule has 1 aromatic carbocycles. The molecule has 0 saturated carbocycles. The van der Waals surface area contributed by atoms with Crippen molar-refractivity contribution in [1.29, 1.82) is 0 Å². The molecule has 166 valence electrons. The second-order valence-electron chi connectivity index (χ2n) is 8.05. The zero-order valence-electron chi connectivity index (χ0n) is 17.9. The predicted molar refractivity (Wildman–Crippen MR) is 118 cm³/mol. The molecular weight excluding hydrogens is 408 g/mol. The number of piperazine rings is 1. The van der Waals surface area contributed by atoms with Crippen molar-refractivity contribution >= 4 is 17.5 Å². The van der Waals surface area contributed by atoms with Crippen molar-refractivity contribution in [1.82, 2.24) is 29.3 Å². The Morgan fingerprint density at radius 3 is 2.38 bits per heavy atom. The number of amides is 2. The minimum atomic E-state index is -0.0991. The summed E-state index contributed by atoms with van der Waals surface area (Å²) in [5.41, 5.74) is 2.92. The van der Waals surface area contributed by atoms with Crippen LogP contribution in [0, 0.1) is 0 Å². The molecule has 0 spiro atoms. The van der Waals surface area contributed by atoms with Gasteiger partial charge in [-0.25, -0.2) is 9.50 Å². The number of nitrogens with zero attached hydrogens (tertiary/aromatic N) is 6. The van der Waals surface area contributed by atoms with E-state index in [0.29, 0.717) is 57.1 Å². The van der Waals surface area contributed by atoms with E-state index >= 15 is 0 Å². The molecule has 0 aliphatic carbocycles. The number of hydrogen-bond acceptors (Lipinski definition) is 6. The fourth-order valence-corrected chi connectivity index (χ4v) is 4.25.